The molecule has 0 fully saturated rings. The predicted molar refractivity (Wildman–Crippen MR) is 91.4 cm³/mol. The first-order valence-corrected chi connectivity index (χ1v) is 7.54. The van der Waals surface area contributed by atoms with E-state index >= 15 is 0 Å². The second kappa shape index (κ2) is 5.81. The van der Waals surface area contributed by atoms with Gasteiger partial charge in [0, 0.05) is 5.56 Å². The van der Waals surface area contributed by atoms with Crippen molar-refractivity contribution in [1.82, 2.24) is 4.98 Å². The van der Waals surface area contributed by atoms with E-state index in [4.69, 9.17) is 9.15 Å². The van der Waals surface area contributed by atoms with Crippen LogP contribution < -0.4 is 4.74 Å². The molecule has 0 atom stereocenters. The highest BCUT2D eigenvalue weighted by Crippen LogP contribution is 2.30. The summed E-state index contributed by atoms with van der Waals surface area (Å²) in [6.07, 6.45) is 0. The Labute approximate surface area is 138 Å². The van der Waals surface area contributed by atoms with Gasteiger partial charge in [0.05, 0.1) is 7.11 Å². The van der Waals surface area contributed by atoms with Gasteiger partial charge >= 0.3 is 0 Å². The van der Waals surface area contributed by atoms with Crippen molar-refractivity contribution in [2.45, 2.75) is 0 Å². The molecule has 0 saturated carbocycles. The van der Waals surface area contributed by atoms with E-state index in [-0.39, 0.29) is 11.6 Å². The summed E-state index contributed by atoms with van der Waals surface area (Å²) in [5.74, 6) is 0.413. The molecular weight excluding hydrogens is 305 g/mol. The minimum Gasteiger partial charge on any atom is -0.494 e. The number of hydrogen-bond donors (Lipinski definition) is 0. The minimum atomic E-state index is -0.389. The Hall–Kier alpha value is -3.14. The topological polar surface area (TPSA) is 35.3 Å². The molecule has 4 rings (SSSR count). The van der Waals surface area contributed by atoms with E-state index < -0.39 is 0 Å². The number of ether oxygens (including phenoxy) is 1. The van der Waals surface area contributed by atoms with Crippen LogP contribution in [0.3, 0.4) is 0 Å². The van der Waals surface area contributed by atoms with Crippen molar-refractivity contribution >= 4 is 11.1 Å². The zero-order valence-corrected chi connectivity index (χ0v) is 13.0. The number of methoxy groups -OCH3 is 1. The zero-order chi connectivity index (χ0) is 16.5. The second-order valence-corrected chi connectivity index (χ2v) is 5.42. The molecule has 0 amide bonds. The molecule has 118 valence electrons. The van der Waals surface area contributed by atoms with Crippen molar-refractivity contribution in [2.75, 3.05) is 7.11 Å². The quantitative estimate of drug-likeness (QED) is 0.513. The van der Waals surface area contributed by atoms with Gasteiger partial charge in [-0.05, 0) is 47.5 Å². The highest BCUT2D eigenvalue weighted by molar-refractivity contribution is 5.82. The fraction of sp³-hybridized carbons (Fsp3) is 0.0500. The molecule has 4 heteroatoms. The first-order chi connectivity index (χ1) is 11.7. The Morgan fingerprint density at radius 3 is 2.38 bits per heavy atom. The van der Waals surface area contributed by atoms with Gasteiger partial charge in [-0.15, -0.1) is 0 Å². The molecule has 0 unspecified atom stereocenters. The second-order valence-electron chi connectivity index (χ2n) is 5.42. The van der Waals surface area contributed by atoms with Crippen molar-refractivity contribution < 1.29 is 13.5 Å². The Morgan fingerprint density at radius 2 is 1.62 bits per heavy atom. The van der Waals surface area contributed by atoms with Gasteiger partial charge in [0.2, 0.25) is 5.89 Å². The number of benzene rings is 3. The molecule has 0 spiro atoms. The smallest absolute Gasteiger partial charge is 0.227 e. The summed E-state index contributed by atoms with van der Waals surface area (Å²) in [6.45, 7) is 0. The number of nitrogens with zero attached hydrogens (tertiary/aromatic N) is 1. The van der Waals surface area contributed by atoms with E-state index in [2.05, 4.69) is 4.98 Å². The van der Waals surface area contributed by atoms with Gasteiger partial charge in [0.15, 0.2) is 17.1 Å². The highest BCUT2D eigenvalue weighted by Gasteiger charge is 2.10. The average Bonchev–Trinajstić information content (AvgIpc) is 3.05. The lowest BCUT2D eigenvalue weighted by Crippen LogP contribution is -1.88. The van der Waals surface area contributed by atoms with Crippen molar-refractivity contribution in [3.8, 4) is 28.3 Å². The number of aromatic nitrogens is 1. The molecule has 0 aliphatic carbocycles. The van der Waals surface area contributed by atoms with Gasteiger partial charge in [-0.2, -0.15) is 0 Å². The number of hydrogen-bond acceptors (Lipinski definition) is 3. The van der Waals surface area contributed by atoms with Crippen molar-refractivity contribution in [1.29, 1.82) is 0 Å². The Morgan fingerprint density at radius 1 is 0.875 bits per heavy atom. The largest absolute Gasteiger partial charge is 0.494 e. The Balaban J connectivity index is 1.77. The molecule has 3 aromatic carbocycles. The summed E-state index contributed by atoms with van der Waals surface area (Å²) in [6, 6.07) is 20.3. The van der Waals surface area contributed by atoms with Crippen LogP contribution in [0.5, 0.6) is 5.75 Å². The van der Waals surface area contributed by atoms with Gasteiger partial charge in [0.25, 0.3) is 0 Å². The van der Waals surface area contributed by atoms with Gasteiger partial charge in [-0.25, -0.2) is 9.37 Å². The van der Waals surface area contributed by atoms with Crippen molar-refractivity contribution in [3.63, 3.8) is 0 Å². The highest BCUT2D eigenvalue weighted by atomic mass is 19.1. The van der Waals surface area contributed by atoms with Crippen LogP contribution in [0.4, 0.5) is 4.39 Å². The lowest BCUT2D eigenvalue weighted by molar-refractivity contribution is 0.386. The van der Waals surface area contributed by atoms with Gasteiger partial charge in [0.1, 0.15) is 5.52 Å². The van der Waals surface area contributed by atoms with Crippen LogP contribution in [-0.2, 0) is 0 Å². The summed E-state index contributed by atoms with van der Waals surface area (Å²) >= 11 is 0. The summed E-state index contributed by atoms with van der Waals surface area (Å²) in [7, 11) is 1.45. The maximum absolute atomic E-state index is 13.9. The van der Waals surface area contributed by atoms with Crippen LogP contribution in [0, 0.1) is 5.82 Å². The lowest BCUT2D eigenvalue weighted by Gasteiger charge is -2.05. The molecule has 0 bridgehead atoms. The van der Waals surface area contributed by atoms with E-state index in [1.807, 2.05) is 54.6 Å². The van der Waals surface area contributed by atoms with Crippen LogP contribution in [0.1, 0.15) is 0 Å². The maximum atomic E-state index is 13.9. The number of fused-ring (bicyclic) bond motifs is 1. The van der Waals surface area contributed by atoms with Crippen LogP contribution in [0.15, 0.2) is 71.1 Å². The van der Waals surface area contributed by atoms with Crippen molar-refractivity contribution in [2.24, 2.45) is 0 Å². The maximum Gasteiger partial charge on any atom is 0.227 e. The molecule has 1 heterocycles. The van der Waals surface area contributed by atoms with Crippen LogP contribution in [-0.4, -0.2) is 12.1 Å². The molecule has 24 heavy (non-hydrogen) atoms. The standard InChI is InChI=1S/C20H14FNO2/c1-23-18-9-7-14(11-16(18)21)15-8-10-19-17(12-15)22-20(24-19)13-5-3-2-4-6-13/h2-12H,1H3. The monoisotopic (exact) mass is 319 g/mol. The molecule has 1 aromatic heterocycles. The van der Waals surface area contributed by atoms with E-state index in [1.54, 1.807) is 6.07 Å². The number of rotatable bonds is 3. The first-order valence-electron chi connectivity index (χ1n) is 7.54. The van der Waals surface area contributed by atoms with Crippen LogP contribution in [0.2, 0.25) is 0 Å². The predicted octanol–water partition coefficient (Wildman–Crippen LogP) is 5.31. The van der Waals surface area contributed by atoms with Crippen LogP contribution in [0.25, 0.3) is 33.7 Å². The third-order valence-corrected chi connectivity index (χ3v) is 3.89. The van der Waals surface area contributed by atoms with E-state index in [0.29, 0.717) is 11.5 Å². The summed E-state index contributed by atoms with van der Waals surface area (Å²) < 4.78 is 24.7. The summed E-state index contributed by atoms with van der Waals surface area (Å²) in [4.78, 5) is 4.54. The zero-order valence-electron chi connectivity index (χ0n) is 13.0. The molecule has 0 radical (unpaired) electrons. The normalized spacial score (nSPS) is 10.9. The molecule has 0 aliphatic rings. The fourth-order valence-corrected chi connectivity index (χ4v) is 2.66. The van der Waals surface area contributed by atoms with Gasteiger partial charge in [-0.1, -0.05) is 30.3 Å². The number of oxazole rings is 1. The molecule has 4 aromatic rings. The molecular formula is C20H14FNO2. The first kappa shape index (κ1) is 14.5. The summed E-state index contributed by atoms with van der Waals surface area (Å²) in [5.41, 5.74) is 4.00. The van der Waals surface area contributed by atoms with Gasteiger partial charge < -0.3 is 9.15 Å². The van der Waals surface area contributed by atoms with E-state index in [1.165, 1.54) is 13.2 Å². The average molecular weight is 319 g/mol. The van der Waals surface area contributed by atoms with E-state index in [9.17, 15) is 4.39 Å². The third kappa shape index (κ3) is 2.52. The SMILES string of the molecule is COc1ccc(-c2ccc3oc(-c4ccccc4)nc3c2)cc1F. The third-order valence-electron chi connectivity index (χ3n) is 3.89. The van der Waals surface area contributed by atoms with E-state index in [0.717, 1.165) is 22.2 Å². The molecule has 3 nitrogen and oxygen atoms in total. The van der Waals surface area contributed by atoms with Crippen molar-refractivity contribution in [3.05, 3.63) is 72.5 Å². The Bertz CT molecular complexity index is 1010. The Kier molecular flexibility index (Phi) is 3.50. The molecule has 0 saturated heterocycles. The lowest BCUT2D eigenvalue weighted by atomic mass is 10.0. The minimum absolute atomic E-state index is 0.229. The molecule has 0 aliphatic heterocycles. The molecule has 0 N–H and O–H groups in total. The summed E-state index contributed by atoms with van der Waals surface area (Å²) in [5, 5.41) is 0. The van der Waals surface area contributed by atoms with Gasteiger partial charge in [-0.3, -0.25) is 0 Å². The number of halogens is 1. The van der Waals surface area contributed by atoms with Crippen LogP contribution >= 0.6 is 0 Å². The fourth-order valence-electron chi connectivity index (χ4n) is 2.66.